The predicted molar refractivity (Wildman–Crippen MR) is 76.5 cm³/mol. The fraction of sp³-hybridized carbons (Fsp3) is 1.00. The molecule has 0 unspecified atom stereocenters. The van der Waals surface area contributed by atoms with Crippen LogP contribution >= 0.6 is 0 Å². The Morgan fingerprint density at radius 1 is 1.12 bits per heavy atom. The van der Waals surface area contributed by atoms with E-state index in [-0.39, 0.29) is 0 Å². The zero-order valence-electron chi connectivity index (χ0n) is 12.2. The fourth-order valence-electron chi connectivity index (χ4n) is 2.92. The summed E-state index contributed by atoms with van der Waals surface area (Å²) in [7, 11) is 2.31. The van der Waals surface area contributed by atoms with E-state index >= 15 is 0 Å². The lowest BCUT2D eigenvalue weighted by molar-refractivity contribution is 0.189. The van der Waals surface area contributed by atoms with Gasteiger partial charge in [-0.2, -0.15) is 0 Å². The highest BCUT2D eigenvalue weighted by Crippen LogP contribution is 2.21. The molecule has 1 fully saturated rings. The van der Waals surface area contributed by atoms with Crippen LogP contribution in [0.4, 0.5) is 0 Å². The normalized spacial score (nSPS) is 18.2. The second kappa shape index (κ2) is 8.93. The van der Waals surface area contributed by atoms with Crippen molar-refractivity contribution in [3.63, 3.8) is 0 Å². The summed E-state index contributed by atoms with van der Waals surface area (Å²) < 4.78 is 0. The molecule has 0 aromatic carbocycles. The summed E-state index contributed by atoms with van der Waals surface area (Å²) in [6.45, 7) is 6.99. The van der Waals surface area contributed by atoms with Gasteiger partial charge in [0.25, 0.3) is 0 Å². The van der Waals surface area contributed by atoms with Gasteiger partial charge in [0.2, 0.25) is 0 Å². The quantitative estimate of drug-likeness (QED) is 0.654. The summed E-state index contributed by atoms with van der Waals surface area (Å²) in [5.74, 6) is 0. The van der Waals surface area contributed by atoms with Crippen LogP contribution in [0.15, 0.2) is 0 Å². The topological polar surface area (TPSA) is 15.3 Å². The van der Waals surface area contributed by atoms with E-state index in [2.05, 4.69) is 31.1 Å². The lowest BCUT2D eigenvalue weighted by atomic mass is 9.94. The molecule has 2 nitrogen and oxygen atoms in total. The van der Waals surface area contributed by atoms with Gasteiger partial charge in [-0.15, -0.1) is 0 Å². The minimum atomic E-state index is 0.731. The zero-order chi connectivity index (χ0) is 12.5. The average Bonchev–Trinajstić information content (AvgIpc) is 2.40. The third kappa shape index (κ3) is 5.87. The SMILES string of the molecule is CCC(CC)NCCCN(C)C1CCCCC1. The molecule has 0 aromatic rings. The Morgan fingerprint density at radius 3 is 2.35 bits per heavy atom. The summed E-state index contributed by atoms with van der Waals surface area (Å²) >= 11 is 0. The molecule has 1 rings (SSSR count). The molecule has 102 valence electrons. The molecule has 0 aliphatic heterocycles. The van der Waals surface area contributed by atoms with Gasteiger partial charge in [0.15, 0.2) is 0 Å². The molecule has 0 aromatic heterocycles. The lowest BCUT2D eigenvalue weighted by Crippen LogP contribution is -2.36. The second-order valence-electron chi connectivity index (χ2n) is 5.59. The number of nitrogens with one attached hydrogen (secondary N) is 1. The average molecular weight is 240 g/mol. The highest BCUT2D eigenvalue weighted by atomic mass is 15.1. The van der Waals surface area contributed by atoms with Crippen molar-refractivity contribution in [1.29, 1.82) is 0 Å². The van der Waals surface area contributed by atoms with Crippen molar-refractivity contribution in [2.45, 2.75) is 77.3 Å². The van der Waals surface area contributed by atoms with Crippen LogP contribution < -0.4 is 5.32 Å². The molecular formula is C15H32N2. The van der Waals surface area contributed by atoms with Gasteiger partial charge in [0.1, 0.15) is 0 Å². The Kier molecular flexibility index (Phi) is 7.87. The van der Waals surface area contributed by atoms with Gasteiger partial charge in [-0.25, -0.2) is 0 Å². The molecular weight excluding hydrogens is 208 g/mol. The van der Waals surface area contributed by atoms with E-state index in [1.54, 1.807) is 0 Å². The first-order valence-electron chi connectivity index (χ1n) is 7.71. The van der Waals surface area contributed by atoms with E-state index in [0.29, 0.717) is 0 Å². The van der Waals surface area contributed by atoms with Gasteiger partial charge >= 0.3 is 0 Å². The van der Waals surface area contributed by atoms with Gasteiger partial charge < -0.3 is 10.2 Å². The van der Waals surface area contributed by atoms with Crippen molar-refractivity contribution in [2.24, 2.45) is 0 Å². The summed E-state index contributed by atoms with van der Waals surface area (Å²) in [6, 6.07) is 1.60. The summed E-state index contributed by atoms with van der Waals surface area (Å²) in [5, 5.41) is 3.65. The maximum absolute atomic E-state index is 3.65. The third-order valence-electron chi connectivity index (χ3n) is 4.30. The van der Waals surface area contributed by atoms with Gasteiger partial charge in [-0.05, 0) is 52.2 Å². The zero-order valence-corrected chi connectivity index (χ0v) is 12.2. The Balaban J connectivity index is 2.04. The van der Waals surface area contributed by atoms with E-state index in [9.17, 15) is 0 Å². The monoisotopic (exact) mass is 240 g/mol. The Labute approximate surface area is 108 Å². The third-order valence-corrected chi connectivity index (χ3v) is 4.30. The van der Waals surface area contributed by atoms with E-state index in [4.69, 9.17) is 0 Å². The number of rotatable bonds is 8. The van der Waals surface area contributed by atoms with Crippen LogP contribution in [0.3, 0.4) is 0 Å². The van der Waals surface area contributed by atoms with Crippen LogP contribution in [0.1, 0.15) is 65.2 Å². The molecule has 0 bridgehead atoms. The summed E-state index contributed by atoms with van der Waals surface area (Å²) in [6.07, 6.45) is 11.0. The van der Waals surface area contributed by atoms with Gasteiger partial charge in [0, 0.05) is 12.1 Å². The first kappa shape index (κ1) is 15.0. The van der Waals surface area contributed by atoms with Crippen LogP contribution in [-0.4, -0.2) is 37.1 Å². The van der Waals surface area contributed by atoms with Crippen LogP contribution in [0, 0.1) is 0 Å². The molecule has 17 heavy (non-hydrogen) atoms. The van der Waals surface area contributed by atoms with E-state index in [0.717, 1.165) is 12.1 Å². The van der Waals surface area contributed by atoms with Crippen molar-refractivity contribution in [3.05, 3.63) is 0 Å². The van der Waals surface area contributed by atoms with Gasteiger partial charge in [-0.1, -0.05) is 33.1 Å². The molecule has 1 aliphatic carbocycles. The van der Waals surface area contributed by atoms with E-state index in [1.165, 1.54) is 64.5 Å². The Morgan fingerprint density at radius 2 is 1.76 bits per heavy atom. The van der Waals surface area contributed by atoms with Crippen molar-refractivity contribution in [1.82, 2.24) is 10.2 Å². The highest BCUT2D eigenvalue weighted by molar-refractivity contribution is 4.73. The van der Waals surface area contributed by atoms with E-state index in [1.807, 2.05) is 0 Å². The van der Waals surface area contributed by atoms with Gasteiger partial charge in [0.05, 0.1) is 0 Å². The summed E-state index contributed by atoms with van der Waals surface area (Å²) in [5.41, 5.74) is 0. The Bertz CT molecular complexity index is 172. The smallest absolute Gasteiger partial charge is 0.00922 e. The first-order chi connectivity index (χ1) is 8.27. The first-order valence-corrected chi connectivity index (χ1v) is 7.71. The number of nitrogens with zero attached hydrogens (tertiary/aromatic N) is 1. The van der Waals surface area contributed by atoms with Crippen molar-refractivity contribution in [2.75, 3.05) is 20.1 Å². The molecule has 0 amide bonds. The molecule has 0 saturated heterocycles. The molecule has 1 aliphatic rings. The molecule has 0 spiro atoms. The highest BCUT2D eigenvalue weighted by Gasteiger charge is 2.17. The minimum Gasteiger partial charge on any atom is -0.314 e. The minimum absolute atomic E-state index is 0.731. The molecule has 0 heterocycles. The largest absolute Gasteiger partial charge is 0.314 e. The molecule has 2 heteroatoms. The predicted octanol–water partition coefficient (Wildman–Crippen LogP) is 3.42. The molecule has 1 N–H and O–H groups in total. The number of hydrogen-bond donors (Lipinski definition) is 1. The van der Waals surface area contributed by atoms with Gasteiger partial charge in [-0.3, -0.25) is 0 Å². The maximum atomic E-state index is 3.65. The lowest BCUT2D eigenvalue weighted by Gasteiger charge is -2.31. The molecule has 0 atom stereocenters. The second-order valence-corrected chi connectivity index (χ2v) is 5.59. The number of hydrogen-bond acceptors (Lipinski definition) is 2. The van der Waals surface area contributed by atoms with Crippen molar-refractivity contribution < 1.29 is 0 Å². The fourth-order valence-corrected chi connectivity index (χ4v) is 2.92. The van der Waals surface area contributed by atoms with Crippen LogP contribution in [0.2, 0.25) is 0 Å². The van der Waals surface area contributed by atoms with Crippen LogP contribution in [0.5, 0.6) is 0 Å². The summed E-state index contributed by atoms with van der Waals surface area (Å²) in [4.78, 5) is 2.59. The van der Waals surface area contributed by atoms with Crippen molar-refractivity contribution in [3.8, 4) is 0 Å². The van der Waals surface area contributed by atoms with Crippen LogP contribution in [-0.2, 0) is 0 Å². The maximum Gasteiger partial charge on any atom is 0.00922 e. The molecule has 0 radical (unpaired) electrons. The van der Waals surface area contributed by atoms with Crippen LogP contribution in [0.25, 0.3) is 0 Å². The molecule has 1 saturated carbocycles. The standard InChI is InChI=1S/C15H32N2/c1-4-14(5-2)16-12-9-13-17(3)15-10-7-6-8-11-15/h14-16H,4-13H2,1-3H3. The van der Waals surface area contributed by atoms with Crippen molar-refractivity contribution >= 4 is 0 Å². The van der Waals surface area contributed by atoms with E-state index < -0.39 is 0 Å². The Hall–Kier alpha value is -0.0800.